The van der Waals surface area contributed by atoms with Crippen LogP contribution in [0.1, 0.15) is 39.0 Å². The summed E-state index contributed by atoms with van der Waals surface area (Å²) in [6, 6.07) is 18.0. The van der Waals surface area contributed by atoms with E-state index in [1.807, 2.05) is 72.0 Å². The minimum absolute atomic E-state index is 0.0469. The molecule has 1 fully saturated rings. The van der Waals surface area contributed by atoms with Gasteiger partial charge >= 0.3 is 0 Å². The zero-order valence-electron chi connectivity index (χ0n) is 16.6. The molecule has 29 heavy (non-hydrogen) atoms. The van der Waals surface area contributed by atoms with E-state index in [0.29, 0.717) is 31.8 Å². The zero-order chi connectivity index (χ0) is 20.4. The number of ether oxygens (including phenoxy) is 1. The molecule has 2 aromatic carbocycles. The van der Waals surface area contributed by atoms with Crippen LogP contribution in [0.5, 0.6) is 0 Å². The van der Waals surface area contributed by atoms with E-state index in [0.717, 1.165) is 27.0 Å². The highest BCUT2D eigenvalue weighted by Gasteiger charge is 2.26. The van der Waals surface area contributed by atoms with Gasteiger partial charge in [-0.05, 0) is 55.3 Å². The number of hydrogen-bond donors (Lipinski definition) is 0. The number of hydrogen-bond acceptors (Lipinski definition) is 3. The van der Waals surface area contributed by atoms with Crippen LogP contribution in [0.25, 0.3) is 0 Å². The number of carbonyl (C=O) groups is 1. The number of aromatic nitrogens is 2. The summed E-state index contributed by atoms with van der Waals surface area (Å²) in [5.74, 6) is 0.0469. The highest BCUT2D eigenvalue weighted by atomic mass is 79.9. The van der Waals surface area contributed by atoms with Crippen LogP contribution in [-0.4, -0.2) is 40.3 Å². The van der Waals surface area contributed by atoms with E-state index in [9.17, 15) is 4.79 Å². The predicted molar refractivity (Wildman–Crippen MR) is 116 cm³/mol. The van der Waals surface area contributed by atoms with Crippen molar-refractivity contribution in [1.29, 1.82) is 0 Å². The van der Waals surface area contributed by atoms with Crippen LogP contribution in [-0.2, 0) is 11.3 Å². The first-order chi connectivity index (χ1) is 14.0. The summed E-state index contributed by atoms with van der Waals surface area (Å²) < 4.78 is 8.92. The lowest BCUT2D eigenvalue weighted by Gasteiger charge is -2.33. The van der Waals surface area contributed by atoms with Crippen LogP contribution in [0.15, 0.2) is 59.1 Å². The maximum absolute atomic E-state index is 13.1. The number of rotatable bonds is 4. The van der Waals surface area contributed by atoms with E-state index < -0.39 is 0 Å². The van der Waals surface area contributed by atoms with E-state index in [-0.39, 0.29) is 12.0 Å². The van der Waals surface area contributed by atoms with Gasteiger partial charge < -0.3 is 9.64 Å². The smallest absolute Gasteiger partial charge is 0.254 e. The average Bonchev–Trinajstić information content (AvgIpc) is 3.05. The van der Waals surface area contributed by atoms with Crippen molar-refractivity contribution in [2.75, 3.05) is 19.7 Å². The summed E-state index contributed by atoms with van der Waals surface area (Å²) in [5.41, 5.74) is 4.98. The van der Waals surface area contributed by atoms with Gasteiger partial charge in [-0.15, -0.1) is 0 Å². The largest absolute Gasteiger partial charge is 0.370 e. The van der Waals surface area contributed by atoms with E-state index in [1.165, 1.54) is 0 Å². The van der Waals surface area contributed by atoms with Gasteiger partial charge in [-0.2, -0.15) is 5.10 Å². The molecule has 0 saturated carbocycles. The van der Waals surface area contributed by atoms with Gasteiger partial charge in [0.15, 0.2) is 0 Å². The lowest BCUT2D eigenvalue weighted by atomic mass is 10.1. The third-order valence-corrected chi connectivity index (χ3v) is 5.73. The molecule has 0 bridgehead atoms. The summed E-state index contributed by atoms with van der Waals surface area (Å²) in [4.78, 5) is 15.0. The molecular formula is C23H24BrN3O2. The van der Waals surface area contributed by atoms with Crippen LogP contribution in [0.2, 0.25) is 0 Å². The van der Waals surface area contributed by atoms with Crippen molar-refractivity contribution >= 4 is 21.8 Å². The van der Waals surface area contributed by atoms with Crippen molar-refractivity contribution in [1.82, 2.24) is 14.7 Å². The van der Waals surface area contributed by atoms with Crippen LogP contribution in [0.3, 0.4) is 0 Å². The van der Waals surface area contributed by atoms with Crippen LogP contribution < -0.4 is 0 Å². The van der Waals surface area contributed by atoms with Crippen LogP contribution >= 0.6 is 15.9 Å². The molecule has 4 rings (SSSR count). The van der Waals surface area contributed by atoms with E-state index in [1.54, 1.807) is 0 Å². The lowest BCUT2D eigenvalue weighted by molar-refractivity contribution is -0.0228. The average molecular weight is 454 g/mol. The van der Waals surface area contributed by atoms with Crippen molar-refractivity contribution in [3.8, 4) is 0 Å². The molecule has 5 nitrogen and oxygen atoms in total. The molecule has 1 aliphatic heterocycles. The molecule has 1 unspecified atom stereocenters. The zero-order valence-corrected chi connectivity index (χ0v) is 18.2. The summed E-state index contributed by atoms with van der Waals surface area (Å²) >= 11 is 3.46. The number of amides is 1. The molecule has 1 aromatic heterocycles. The molecule has 3 aromatic rings. The molecular weight excluding hydrogens is 430 g/mol. The third-order valence-electron chi connectivity index (χ3n) is 5.21. The number of carbonyl (C=O) groups excluding carboxylic acids is 1. The second-order valence-corrected chi connectivity index (χ2v) is 8.36. The first-order valence-electron chi connectivity index (χ1n) is 9.76. The van der Waals surface area contributed by atoms with Crippen molar-refractivity contribution in [3.63, 3.8) is 0 Å². The predicted octanol–water partition coefficient (Wildman–Crippen LogP) is 4.52. The first kappa shape index (κ1) is 19.9. The molecule has 0 N–H and O–H groups in total. The highest BCUT2D eigenvalue weighted by Crippen LogP contribution is 2.25. The first-order valence-corrected chi connectivity index (χ1v) is 10.6. The number of benzene rings is 2. The van der Waals surface area contributed by atoms with Crippen molar-refractivity contribution in [3.05, 3.63) is 87.1 Å². The Bertz CT molecular complexity index is 1010. The Balaban J connectivity index is 1.48. The Hall–Kier alpha value is -2.44. The number of aryl methyl sites for hydroxylation is 2. The molecule has 1 amide bonds. The SMILES string of the molecule is Cc1cc(C)n(Cc2cccc(C(=O)N3CCOC(c4ccc(Br)cc4)C3)c2)n1. The van der Waals surface area contributed by atoms with Gasteiger partial charge in [0.05, 0.1) is 25.4 Å². The van der Waals surface area contributed by atoms with Gasteiger partial charge in [0.25, 0.3) is 5.91 Å². The molecule has 1 aliphatic rings. The van der Waals surface area contributed by atoms with Crippen molar-refractivity contribution in [2.24, 2.45) is 0 Å². The molecule has 0 aliphatic carbocycles. The van der Waals surface area contributed by atoms with E-state index in [4.69, 9.17) is 4.74 Å². The molecule has 1 saturated heterocycles. The number of halogens is 1. The topological polar surface area (TPSA) is 47.4 Å². The van der Waals surface area contributed by atoms with Gasteiger partial charge in [0.2, 0.25) is 0 Å². The summed E-state index contributed by atoms with van der Waals surface area (Å²) in [7, 11) is 0. The fraction of sp³-hybridized carbons (Fsp3) is 0.304. The maximum atomic E-state index is 13.1. The standard InChI is InChI=1S/C23H24BrN3O2/c1-16-12-17(2)27(25-16)14-18-4-3-5-20(13-18)23(28)26-10-11-29-22(15-26)19-6-8-21(24)9-7-19/h3-9,12-13,22H,10-11,14-15H2,1-2H3. The van der Waals surface area contributed by atoms with Gasteiger partial charge in [0.1, 0.15) is 6.10 Å². The third kappa shape index (κ3) is 4.60. The fourth-order valence-electron chi connectivity index (χ4n) is 3.71. The molecule has 0 spiro atoms. The Morgan fingerprint density at radius 1 is 1.17 bits per heavy atom. The van der Waals surface area contributed by atoms with Gasteiger partial charge in [-0.1, -0.05) is 40.2 Å². The highest BCUT2D eigenvalue weighted by molar-refractivity contribution is 9.10. The van der Waals surface area contributed by atoms with E-state index >= 15 is 0 Å². The summed E-state index contributed by atoms with van der Waals surface area (Å²) in [6.45, 7) is 6.40. The molecule has 1 atom stereocenters. The normalized spacial score (nSPS) is 16.8. The van der Waals surface area contributed by atoms with Crippen LogP contribution in [0, 0.1) is 13.8 Å². The second kappa shape index (κ2) is 8.51. The van der Waals surface area contributed by atoms with Crippen LogP contribution in [0.4, 0.5) is 0 Å². The van der Waals surface area contributed by atoms with Crippen molar-refractivity contribution in [2.45, 2.75) is 26.5 Å². The molecule has 150 valence electrons. The molecule has 6 heteroatoms. The summed E-state index contributed by atoms with van der Waals surface area (Å²) in [6.07, 6.45) is -0.0984. The Kier molecular flexibility index (Phi) is 5.83. The number of morpholine rings is 1. The maximum Gasteiger partial charge on any atom is 0.254 e. The van der Waals surface area contributed by atoms with Gasteiger partial charge in [0, 0.05) is 22.3 Å². The van der Waals surface area contributed by atoms with Gasteiger partial charge in [-0.25, -0.2) is 0 Å². The minimum atomic E-state index is -0.0984. The molecule has 2 heterocycles. The number of nitrogens with zero attached hydrogens (tertiary/aromatic N) is 3. The molecule has 0 radical (unpaired) electrons. The second-order valence-electron chi connectivity index (χ2n) is 7.45. The van der Waals surface area contributed by atoms with Gasteiger partial charge in [-0.3, -0.25) is 9.48 Å². The quantitative estimate of drug-likeness (QED) is 0.582. The van der Waals surface area contributed by atoms with E-state index in [2.05, 4.69) is 27.1 Å². The fourth-order valence-corrected chi connectivity index (χ4v) is 3.97. The monoisotopic (exact) mass is 453 g/mol. The minimum Gasteiger partial charge on any atom is -0.370 e. The Morgan fingerprint density at radius 2 is 1.97 bits per heavy atom. The Labute approximate surface area is 179 Å². The summed E-state index contributed by atoms with van der Waals surface area (Å²) in [5, 5.41) is 4.52. The Morgan fingerprint density at radius 3 is 2.69 bits per heavy atom. The lowest BCUT2D eigenvalue weighted by Crippen LogP contribution is -2.42. The van der Waals surface area contributed by atoms with Crippen molar-refractivity contribution < 1.29 is 9.53 Å².